The van der Waals surface area contributed by atoms with E-state index in [0.717, 1.165) is 11.9 Å². The minimum Gasteiger partial charge on any atom is -0.458 e. The molecule has 0 aromatic rings. The number of carbonyl (C=O) groups excluding carboxylic acids is 2. The molecule has 0 aromatic heterocycles. The second-order valence-corrected chi connectivity index (χ2v) is 13.4. The zero-order chi connectivity index (χ0) is 27.9. The molecule has 3 unspecified atom stereocenters. The lowest BCUT2D eigenvalue weighted by molar-refractivity contribution is -0.310. The third kappa shape index (κ3) is 3.93. The molecule has 0 amide bonds. The fraction of sp³-hybridized carbons (Fsp3) is 0.862. The minimum atomic E-state index is -1.39. The molecule has 4 aliphatic carbocycles. The first-order chi connectivity index (χ1) is 18.4. The van der Waals surface area contributed by atoms with Gasteiger partial charge in [0.15, 0.2) is 6.29 Å². The Kier molecular flexibility index (Phi) is 6.81. The van der Waals surface area contributed by atoms with Crippen LogP contribution in [0.25, 0.3) is 0 Å². The molecule has 0 radical (unpaired) electrons. The smallest absolute Gasteiger partial charge is 0.331 e. The summed E-state index contributed by atoms with van der Waals surface area (Å²) in [6, 6.07) is 0. The second kappa shape index (κ2) is 9.58. The van der Waals surface area contributed by atoms with E-state index in [9.17, 15) is 35.1 Å². The molecule has 14 atom stereocenters. The minimum absolute atomic E-state index is 0.0585. The molecule has 6 aliphatic rings. The highest BCUT2D eigenvalue weighted by molar-refractivity contribution is 5.85. The first-order valence-electron chi connectivity index (χ1n) is 14.5. The largest absolute Gasteiger partial charge is 0.458 e. The highest BCUT2D eigenvalue weighted by atomic mass is 16.7. The molecule has 218 valence electrons. The zero-order valence-corrected chi connectivity index (χ0v) is 22.6. The van der Waals surface area contributed by atoms with Crippen LogP contribution in [0.4, 0.5) is 0 Å². The topological polar surface area (TPSA) is 163 Å². The first-order valence-corrected chi connectivity index (χ1v) is 14.5. The van der Waals surface area contributed by atoms with E-state index < -0.39 is 53.2 Å². The summed E-state index contributed by atoms with van der Waals surface area (Å²) in [6.07, 6.45) is 0.248. The highest BCUT2D eigenvalue weighted by Crippen LogP contribution is 2.69. The Hall–Kier alpha value is -1.40. The van der Waals surface area contributed by atoms with Crippen LogP contribution < -0.4 is 0 Å². The van der Waals surface area contributed by atoms with Crippen molar-refractivity contribution in [2.45, 2.75) is 114 Å². The van der Waals surface area contributed by atoms with E-state index in [-0.39, 0.29) is 42.4 Å². The first kappa shape index (κ1) is 27.8. The molecule has 1 saturated heterocycles. The number of cyclic esters (lactones) is 1. The van der Waals surface area contributed by atoms with E-state index in [1.165, 1.54) is 0 Å². The van der Waals surface area contributed by atoms with Crippen LogP contribution in [0, 0.1) is 34.5 Å². The summed E-state index contributed by atoms with van der Waals surface area (Å²) in [6.45, 7) is 3.87. The number of aldehydes is 1. The number of aliphatic hydroxyl groups excluding tert-OH is 4. The maximum atomic E-state index is 13.0. The molecular formula is C29H42O10. The van der Waals surface area contributed by atoms with Crippen molar-refractivity contribution in [3.8, 4) is 0 Å². The number of fused-ring (bicyclic) bond motifs is 5. The van der Waals surface area contributed by atoms with Gasteiger partial charge in [-0.25, -0.2) is 4.79 Å². The predicted molar refractivity (Wildman–Crippen MR) is 135 cm³/mol. The van der Waals surface area contributed by atoms with E-state index in [4.69, 9.17) is 14.2 Å². The van der Waals surface area contributed by atoms with Crippen molar-refractivity contribution in [3.63, 3.8) is 0 Å². The summed E-state index contributed by atoms with van der Waals surface area (Å²) < 4.78 is 16.9. The Labute approximate surface area is 228 Å². The molecule has 0 spiro atoms. The van der Waals surface area contributed by atoms with Gasteiger partial charge in [0.2, 0.25) is 0 Å². The Bertz CT molecular complexity index is 1030. The molecule has 10 heteroatoms. The van der Waals surface area contributed by atoms with Crippen LogP contribution in [0.5, 0.6) is 0 Å². The van der Waals surface area contributed by atoms with Gasteiger partial charge in [-0.15, -0.1) is 0 Å². The fourth-order valence-electron chi connectivity index (χ4n) is 9.81. The Balaban J connectivity index is 1.22. The van der Waals surface area contributed by atoms with Gasteiger partial charge in [0.25, 0.3) is 0 Å². The van der Waals surface area contributed by atoms with E-state index in [1.54, 1.807) is 13.0 Å². The van der Waals surface area contributed by atoms with Gasteiger partial charge in [-0.1, -0.05) is 6.92 Å². The quantitative estimate of drug-likeness (QED) is 0.190. The lowest BCUT2D eigenvalue weighted by Gasteiger charge is -2.64. The molecule has 0 bridgehead atoms. The Morgan fingerprint density at radius 2 is 1.82 bits per heavy atom. The summed E-state index contributed by atoms with van der Waals surface area (Å²) in [5, 5.41) is 54.6. The molecule has 5 fully saturated rings. The molecule has 0 aromatic carbocycles. The lowest BCUT2D eigenvalue weighted by Crippen LogP contribution is -2.67. The van der Waals surface area contributed by atoms with Crippen molar-refractivity contribution < 1.29 is 49.3 Å². The molecule has 10 nitrogen and oxygen atoms in total. The van der Waals surface area contributed by atoms with Crippen LogP contribution in [0.3, 0.4) is 0 Å². The van der Waals surface area contributed by atoms with Gasteiger partial charge in [0.05, 0.1) is 23.9 Å². The molecule has 39 heavy (non-hydrogen) atoms. The van der Waals surface area contributed by atoms with Crippen LogP contribution in [-0.2, 0) is 23.8 Å². The van der Waals surface area contributed by atoms with Crippen molar-refractivity contribution >= 4 is 12.3 Å². The van der Waals surface area contributed by atoms with Gasteiger partial charge in [-0.3, -0.25) is 0 Å². The summed E-state index contributed by atoms with van der Waals surface area (Å²) in [5.74, 6) is -1.10. The molecule has 2 heterocycles. The monoisotopic (exact) mass is 550 g/mol. The normalized spacial score (nSPS) is 55.2. The Morgan fingerprint density at radius 1 is 1.05 bits per heavy atom. The number of rotatable bonds is 4. The average Bonchev–Trinajstić information content (AvgIpc) is 3.45. The average molecular weight is 551 g/mol. The number of hydrogen-bond acceptors (Lipinski definition) is 10. The van der Waals surface area contributed by atoms with Gasteiger partial charge in [0.1, 0.15) is 31.2 Å². The van der Waals surface area contributed by atoms with E-state index >= 15 is 0 Å². The summed E-state index contributed by atoms with van der Waals surface area (Å²) in [4.78, 5) is 24.7. The van der Waals surface area contributed by atoms with E-state index in [2.05, 4.69) is 0 Å². The summed E-state index contributed by atoms with van der Waals surface area (Å²) >= 11 is 0. The number of aliphatic hydroxyl groups is 5. The van der Waals surface area contributed by atoms with Crippen LogP contribution >= 0.6 is 0 Å². The third-order valence-corrected chi connectivity index (χ3v) is 11.8. The van der Waals surface area contributed by atoms with E-state index in [0.29, 0.717) is 51.4 Å². The van der Waals surface area contributed by atoms with Crippen molar-refractivity contribution in [1.82, 2.24) is 0 Å². The van der Waals surface area contributed by atoms with E-state index in [1.807, 2.05) is 6.92 Å². The molecule has 6 rings (SSSR count). The standard InChI is InChI=1S/C29H42O10/c1-14-23(33)24(34)25(35)26(38-14)39-17-5-7-28(13-30)16(10-17)3-4-19-22(28)20(31)11-27(2)18(6-8-29(19,27)36)15-9-21(32)37-12-15/h9,13-14,16-20,22-26,31,33-36H,3-8,10-12H2,1-2H3/t14-,16-,17+,18-,19?,20?,22?,23+,24-,25-,26+,27-,28-,29+/m1/s1. The second-order valence-electron chi connectivity index (χ2n) is 13.4. The van der Waals surface area contributed by atoms with Crippen LogP contribution in [0.1, 0.15) is 65.2 Å². The maximum absolute atomic E-state index is 13.0. The number of esters is 1. The SMILES string of the molecule is C[C@H]1O[C@@H](O[C@H]2CC[C@]3(C=O)C4C(O)C[C@]5(C)[C@@H](C6=CC(=O)OC6)CC[C@]5(O)C4CC[C@@H]3C2)[C@H](O)[C@H](O)[C@H]1O. The number of hydrogen-bond donors (Lipinski definition) is 5. The zero-order valence-electron chi connectivity index (χ0n) is 22.6. The van der Waals surface area contributed by atoms with Gasteiger partial charge >= 0.3 is 5.97 Å². The molecule has 2 aliphatic heterocycles. The van der Waals surface area contributed by atoms with Crippen LogP contribution in [0.15, 0.2) is 11.6 Å². The molecule has 5 N–H and O–H groups in total. The van der Waals surface area contributed by atoms with Crippen molar-refractivity contribution in [1.29, 1.82) is 0 Å². The van der Waals surface area contributed by atoms with Crippen molar-refractivity contribution in [3.05, 3.63) is 11.6 Å². The summed E-state index contributed by atoms with van der Waals surface area (Å²) in [5.41, 5.74) is -1.59. The van der Waals surface area contributed by atoms with Gasteiger partial charge in [0, 0.05) is 22.8 Å². The van der Waals surface area contributed by atoms with Gasteiger partial charge < -0.3 is 44.5 Å². The fourth-order valence-corrected chi connectivity index (χ4v) is 9.81. The maximum Gasteiger partial charge on any atom is 0.331 e. The lowest BCUT2D eigenvalue weighted by atomic mass is 9.42. The van der Waals surface area contributed by atoms with Gasteiger partial charge in [-0.2, -0.15) is 0 Å². The van der Waals surface area contributed by atoms with Crippen molar-refractivity contribution in [2.75, 3.05) is 6.61 Å². The third-order valence-electron chi connectivity index (χ3n) is 11.8. The molecule has 4 saturated carbocycles. The highest BCUT2D eigenvalue weighted by Gasteiger charge is 2.71. The number of carbonyl (C=O) groups is 2. The van der Waals surface area contributed by atoms with Gasteiger partial charge in [-0.05, 0) is 81.6 Å². The van der Waals surface area contributed by atoms with Crippen molar-refractivity contribution in [2.24, 2.45) is 34.5 Å². The summed E-state index contributed by atoms with van der Waals surface area (Å²) in [7, 11) is 0. The Morgan fingerprint density at radius 3 is 2.51 bits per heavy atom. The predicted octanol–water partition coefficient (Wildman–Crippen LogP) is 0.606. The number of ether oxygens (including phenoxy) is 3. The van der Waals surface area contributed by atoms with Crippen LogP contribution in [0.2, 0.25) is 0 Å². The van der Waals surface area contributed by atoms with Crippen LogP contribution in [-0.4, -0.2) is 92.9 Å². The molecular weight excluding hydrogens is 508 g/mol.